The summed E-state index contributed by atoms with van der Waals surface area (Å²) in [6.07, 6.45) is 2.88. The second-order valence-electron chi connectivity index (χ2n) is 8.31. The zero-order chi connectivity index (χ0) is 20.2. The predicted octanol–water partition coefficient (Wildman–Crippen LogP) is 2.64. The van der Waals surface area contributed by atoms with Crippen LogP contribution in [0.4, 0.5) is 0 Å². The van der Waals surface area contributed by atoms with Crippen molar-refractivity contribution in [2.24, 2.45) is 5.92 Å². The molecule has 3 heterocycles. The molecule has 0 bridgehead atoms. The number of carbonyl (C=O) groups excluding carboxylic acids is 1. The summed E-state index contributed by atoms with van der Waals surface area (Å²) >= 11 is 0. The lowest BCUT2D eigenvalue weighted by Crippen LogP contribution is -2.49. The molecule has 2 aromatic rings. The van der Waals surface area contributed by atoms with Crippen molar-refractivity contribution in [3.63, 3.8) is 0 Å². The largest absolute Gasteiger partial charge is 0.340 e. The number of hydrogen-bond acceptors (Lipinski definition) is 6. The molecule has 2 saturated heterocycles. The molecule has 2 fully saturated rings. The van der Waals surface area contributed by atoms with E-state index in [0.29, 0.717) is 30.0 Å². The van der Waals surface area contributed by atoms with Crippen LogP contribution in [0.3, 0.4) is 0 Å². The van der Waals surface area contributed by atoms with Gasteiger partial charge in [0, 0.05) is 38.2 Å². The van der Waals surface area contributed by atoms with Gasteiger partial charge in [-0.05, 0) is 45.7 Å². The molecule has 1 aromatic heterocycles. The maximum absolute atomic E-state index is 12.5. The first-order valence-corrected chi connectivity index (χ1v) is 10.7. The lowest BCUT2D eigenvalue weighted by Gasteiger charge is -2.37. The number of hydrogen-bond donors (Lipinski definition) is 1. The quantitative estimate of drug-likeness (QED) is 0.808. The fraction of sp³-hybridized carbons (Fsp3) is 0.591. The topological polar surface area (TPSA) is 74.5 Å². The Morgan fingerprint density at radius 1 is 1.24 bits per heavy atom. The van der Waals surface area contributed by atoms with Gasteiger partial charge in [-0.15, -0.1) is 0 Å². The fourth-order valence-electron chi connectivity index (χ4n) is 4.19. The molecule has 2 atom stereocenters. The molecule has 1 aromatic carbocycles. The van der Waals surface area contributed by atoms with Crippen molar-refractivity contribution < 1.29 is 9.32 Å². The molecule has 2 unspecified atom stereocenters. The molecule has 7 heteroatoms. The summed E-state index contributed by atoms with van der Waals surface area (Å²) in [6.45, 7) is 9.52. The van der Waals surface area contributed by atoms with Gasteiger partial charge in [0.2, 0.25) is 17.6 Å². The average Bonchev–Trinajstić information content (AvgIpc) is 3.44. The van der Waals surface area contributed by atoms with E-state index in [2.05, 4.69) is 34.2 Å². The highest BCUT2D eigenvalue weighted by atomic mass is 16.5. The van der Waals surface area contributed by atoms with Crippen molar-refractivity contribution in [2.75, 3.05) is 39.3 Å². The fourth-order valence-corrected chi connectivity index (χ4v) is 4.19. The number of nitrogens with one attached hydrogen (secondary N) is 1. The lowest BCUT2D eigenvalue weighted by molar-refractivity contribution is -0.133. The van der Waals surface area contributed by atoms with Crippen molar-refractivity contribution in [1.29, 1.82) is 0 Å². The van der Waals surface area contributed by atoms with E-state index in [4.69, 9.17) is 4.52 Å². The van der Waals surface area contributed by atoms with Crippen LogP contribution >= 0.6 is 0 Å². The van der Waals surface area contributed by atoms with Crippen molar-refractivity contribution in [1.82, 2.24) is 25.3 Å². The summed E-state index contributed by atoms with van der Waals surface area (Å²) in [4.78, 5) is 21.5. The van der Waals surface area contributed by atoms with Crippen molar-refractivity contribution in [3.8, 4) is 11.4 Å². The number of piperazine rings is 1. The van der Waals surface area contributed by atoms with E-state index >= 15 is 0 Å². The molecular weight excluding hydrogens is 366 g/mol. The van der Waals surface area contributed by atoms with Gasteiger partial charge in [0.05, 0.1) is 6.04 Å². The van der Waals surface area contributed by atoms with Crippen LogP contribution in [0.2, 0.25) is 0 Å². The number of rotatable bonds is 6. The maximum atomic E-state index is 12.5. The second kappa shape index (κ2) is 9.05. The zero-order valence-electron chi connectivity index (χ0n) is 17.4. The van der Waals surface area contributed by atoms with E-state index in [9.17, 15) is 4.79 Å². The van der Waals surface area contributed by atoms with Crippen LogP contribution in [-0.2, 0) is 4.79 Å². The van der Waals surface area contributed by atoms with E-state index in [1.165, 1.54) is 12.0 Å². The number of amides is 1. The van der Waals surface area contributed by atoms with Crippen LogP contribution < -0.4 is 5.32 Å². The molecule has 2 aliphatic rings. The number of aryl methyl sites for hydroxylation is 1. The minimum absolute atomic E-state index is 0.0449. The summed E-state index contributed by atoms with van der Waals surface area (Å²) in [5.41, 5.74) is 2.17. The molecule has 0 saturated carbocycles. The second-order valence-corrected chi connectivity index (χ2v) is 8.31. The molecule has 29 heavy (non-hydrogen) atoms. The highest BCUT2D eigenvalue weighted by Crippen LogP contribution is 2.24. The minimum Gasteiger partial charge on any atom is -0.340 e. The van der Waals surface area contributed by atoms with Crippen molar-refractivity contribution in [3.05, 3.63) is 35.7 Å². The molecule has 4 rings (SSSR count). The lowest BCUT2D eigenvalue weighted by atomic mass is 10.0. The molecular formula is C22H31N5O2. The Morgan fingerprint density at radius 2 is 2.00 bits per heavy atom. The predicted molar refractivity (Wildman–Crippen MR) is 111 cm³/mol. The Hall–Kier alpha value is -2.25. The van der Waals surface area contributed by atoms with Gasteiger partial charge < -0.3 is 14.7 Å². The Balaban J connectivity index is 1.28. The summed E-state index contributed by atoms with van der Waals surface area (Å²) in [5, 5.41) is 7.53. The van der Waals surface area contributed by atoms with E-state index in [0.717, 1.165) is 51.3 Å². The standard InChI is InChI=1S/C22H31N5O2/c1-16-3-6-19(7-4-16)21-24-22(29-25-21)17(2)26-11-13-27(14-12-26)20(28)8-5-18-9-10-23-15-18/h3-4,6-7,17-18,23H,5,8-15H2,1-2H3. The van der Waals surface area contributed by atoms with Gasteiger partial charge in [-0.1, -0.05) is 35.0 Å². The van der Waals surface area contributed by atoms with Gasteiger partial charge in [0.15, 0.2) is 0 Å². The van der Waals surface area contributed by atoms with Crippen LogP contribution in [0.25, 0.3) is 11.4 Å². The van der Waals surface area contributed by atoms with Crippen molar-refractivity contribution >= 4 is 5.91 Å². The maximum Gasteiger partial charge on any atom is 0.244 e. The molecule has 0 aliphatic carbocycles. The minimum atomic E-state index is 0.0449. The normalized spacial score (nSPS) is 21.4. The Kier molecular flexibility index (Phi) is 6.25. The molecule has 1 amide bonds. The third-order valence-electron chi connectivity index (χ3n) is 6.25. The van der Waals surface area contributed by atoms with Gasteiger partial charge in [0.1, 0.15) is 0 Å². The SMILES string of the molecule is Cc1ccc(-c2noc(C(C)N3CCN(C(=O)CCC4CCNC4)CC3)n2)cc1. The van der Waals surface area contributed by atoms with E-state index in [1.54, 1.807) is 0 Å². The molecule has 1 N–H and O–H groups in total. The highest BCUT2D eigenvalue weighted by molar-refractivity contribution is 5.76. The zero-order valence-corrected chi connectivity index (χ0v) is 17.4. The van der Waals surface area contributed by atoms with Crippen LogP contribution in [0.15, 0.2) is 28.8 Å². The monoisotopic (exact) mass is 397 g/mol. The molecule has 156 valence electrons. The third kappa shape index (κ3) is 4.85. The van der Waals surface area contributed by atoms with Gasteiger partial charge in [-0.3, -0.25) is 9.69 Å². The first-order chi connectivity index (χ1) is 14.1. The Morgan fingerprint density at radius 3 is 2.69 bits per heavy atom. The summed E-state index contributed by atoms with van der Waals surface area (Å²) in [5.74, 6) is 2.22. The first kappa shape index (κ1) is 20.0. The van der Waals surface area contributed by atoms with Crippen LogP contribution in [-0.4, -0.2) is 65.1 Å². The molecule has 0 spiro atoms. The number of carbonyl (C=O) groups is 1. The van der Waals surface area contributed by atoms with Gasteiger partial charge in [0.25, 0.3) is 0 Å². The summed E-state index contributed by atoms with van der Waals surface area (Å²) < 4.78 is 5.54. The summed E-state index contributed by atoms with van der Waals surface area (Å²) in [6, 6.07) is 8.17. The Bertz CT molecular complexity index is 805. The number of aromatic nitrogens is 2. The van der Waals surface area contributed by atoms with Crippen LogP contribution in [0.1, 0.15) is 43.7 Å². The number of nitrogens with zero attached hydrogens (tertiary/aromatic N) is 4. The summed E-state index contributed by atoms with van der Waals surface area (Å²) in [7, 11) is 0. The third-order valence-corrected chi connectivity index (χ3v) is 6.25. The highest BCUT2D eigenvalue weighted by Gasteiger charge is 2.28. The Labute approximate surface area is 172 Å². The smallest absolute Gasteiger partial charge is 0.244 e. The van der Waals surface area contributed by atoms with Gasteiger partial charge in [-0.25, -0.2) is 0 Å². The molecule has 2 aliphatic heterocycles. The van der Waals surface area contributed by atoms with Crippen LogP contribution in [0.5, 0.6) is 0 Å². The van der Waals surface area contributed by atoms with E-state index in [1.807, 2.05) is 29.2 Å². The van der Waals surface area contributed by atoms with Gasteiger partial charge in [-0.2, -0.15) is 4.98 Å². The van der Waals surface area contributed by atoms with E-state index < -0.39 is 0 Å². The average molecular weight is 398 g/mol. The van der Waals surface area contributed by atoms with E-state index in [-0.39, 0.29) is 6.04 Å². The molecule has 7 nitrogen and oxygen atoms in total. The van der Waals surface area contributed by atoms with Crippen LogP contribution in [0, 0.1) is 12.8 Å². The van der Waals surface area contributed by atoms with Crippen molar-refractivity contribution in [2.45, 2.75) is 39.2 Å². The molecule has 0 radical (unpaired) electrons. The van der Waals surface area contributed by atoms with Gasteiger partial charge >= 0.3 is 0 Å². The number of benzene rings is 1. The first-order valence-electron chi connectivity index (χ1n) is 10.7.